The zero-order valence-electron chi connectivity index (χ0n) is 15.9. The van der Waals surface area contributed by atoms with Crippen molar-refractivity contribution < 1.29 is 19.4 Å². The van der Waals surface area contributed by atoms with Crippen molar-refractivity contribution in [3.8, 4) is 5.75 Å². The van der Waals surface area contributed by atoms with E-state index < -0.39 is 17.9 Å². The standard InChI is InChI=1S/C20H25N3O4/c1-4-15(5-2)23-12(3)10-16(22-23)19(24)21-18(20(25)26)14-6-7-17-13(11-14)8-9-27-17/h6-7,10-11,15,18H,4-5,8-9H2,1-3H3,(H,21,24)(H,25,26). The van der Waals surface area contributed by atoms with Gasteiger partial charge in [-0.25, -0.2) is 4.79 Å². The maximum absolute atomic E-state index is 12.7. The molecule has 1 aliphatic rings. The molecule has 1 aromatic carbocycles. The number of fused-ring (bicyclic) bond motifs is 1. The smallest absolute Gasteiger partial charge is 0.330 e. The molecule has 0 aliphatic carbocycles. The summed E-state index contributed by atoms with van der Waals surface area (Å²) in [5, 5.41) is 16.6. The lowest BCUT2D eigenvalue weighted by Crippen LogP contribution is -2.34. The van der Waals surface area contributed by atoms with E-state index in [0.717, 1.165) is 36.3 Å². The molecular weight excluding hydrogens is 346 g/mol. The minimum absolute atomic E-state index is 0.221. The van der Waals surface area contributed by atoms with Gasteiger partial charge in [0, 0.05) is 12.1 Å². The first-order chi connectivity index (χ1) is 12.9. The summed E-state index contributed by atoms with van der Waals surface area (Å²) in [4.78, 5) is 24.4. The van der Waals surface area contributed by atoms with Crippen LogP contribution in [0.4, 0.5) is 0 Å². The van der Waals surface area contributed by atoms with Gasteiger partial charge in [-0.05, 0) is 49.1 Å². The first kappa shape index (κ1) is 18.9. The average Bonchev–Trinajstić information content (AvgIpc) is 3.26. The van der Waals surface area contributed by atoms with E-state index in [1.165, 1.54) is 0 Å². The molecule has 0 fully saturated rings. The van der Waals surface area contributed by atoms with E-state index in [9.17, 15) is 14.7 Å². The number of nitrogens with zero attached hydrogens (tertiary/aromatic N) is 2. The summed E-state index contributed by atoms with van der Waals surface area (Å²) in [6, 6.07) is 6.00. The molecule has 1 unspecified atom stereocenters. The van der Waals surface area contributed by atoms with Crippen molar-refractivity contribution in [2.45, 2.75) is 52.1 Å². The highest BCUT2D eigenvalue weighted by Crippen LogP contribution is 2.28. The fourth-order valence-corrected chi connectivity index (χ4v) is 3.48. The number of benzene rings is 1. The number of aliphatic carboxylic acids is 1. The van der Waals surface area contributed by atoms with E-state index in [4.69, 9.17) is 4.74 Å². The van der Waals surface area contributed by atoms with E-state index in [1.807, 2.05) is 11.6 Å². The number of amides is 1. The number of carboxylic acids is 1. The second kappa shape index (κ2) is 7.82. The molecule has 0 saturated heterocycles. The number of carboxylic acid groups (broad SMARTS) is 1. The summed E-state index contributed by atoms with van der Waals surface area (Å²) >= 11 is 0. The van der Waals surface area contributed by atoms with Crippen LogP contribution in [0.1, 0.15) is 66.1 Å². The maximum Gasteiger partial charge on any atom is 0.330 e. The quantitative estimate of drug-likeness (QED) is 0.780. The molecule has 0 radical (unpaired) electrons. The number of rotatable bonds is 7. The highest BCUT2D eigenvalue weighted by Gasteiger charge is 2.26. The molecule has 7 heteroatoms. The molecule has 2 aromatic rings. The van der Waals surface area contributed by atoms with Crippen LogP contribution in [-0.4, -0.2) is 33.4 Å². The van der Waals surface area contributed by atoms with Crippen LogP contribution in [0.2, 0.25) is 0 Å². The Labute approximate surface area is 158 Å². The zero-order chi connectivity index (χ0) is 19.6. The minimum Gasteiger partial charge on any atom is -0.493 e. The third-order valence-electron chi connectivity index (χ3n) is 5.01. The Kier molecular flexibility index (Phi) is 5.48. The molecule has 1 amide bonds. The molecule has 0 saturated carbocycles. The molecule has 144 valence electrons. The van der Waals surface area contributed by atoms with Crippen LogP contribution < -0.4 is 10.1 Å². The number of aryl methyl sites for hydroxylation is 1. The molecule has 1 atom stereocenters. The van der Waals surface area contributed by atoms with Crippen molar-refractivity contribution in [1.29, 1.82) is 0 Å². The van der Waals surface area contributed by atoms with Crippen molar-refractivity contribution >= 4 is 11.9 Å². The maximum atomic E-state index is 12.7. The molecule has 2 heterocycles. The number of hydrogen-bond donors (Lipinski definition) is 2. The first-order valence-electron chi connectivity index (χ1n) is 9.30. The normalized spacial score (nSPS) is 13.9. The molecule has 1 aliphatic heterocycles. The Hall–Kier alpha value is -2.83. The van der Waals surface area contributed by atoms with Gasteiger partial charge in [0.25, 0.3) is 5.91 Å². The predicted octanol–water partition coefficient (Wildman–Crippen LogP) is 3.04. The van der Waals surface area contributed by atoms with Crippen LogP contribution >= 0.6 is 0 Å². The summed E-state index contributed by atoms with van der Waals surface area (Å²) < 4.78 is 7.30. The van der Waals surface area contributed by atoms with Crippen molar-refractivity contribution in [3.63, 3.8) is 0 Å². The van der Waals surface area contributed by atoms with Crippen molar-refractivity contribution in [2.24, 2.45) is 0 Å². The summed E-state index contributed by atoms with van der Waals surface area (Å²) in [6.07, 6.45) is 2.56. The Morgan fingerprint density at radius 1 is 1.30 bits per heavy atom. The van der Waals surface area contributed by atoms with Gasteiger partial charge in [0.2, 0.25) is 0 Å². The fourth-order valence-electron chi connectivity index (χ4n) is 3.48. The van der Waals surface area contributed by atoms with Gasteiger partial charge in [-0.3, -0.25) is 9.48 Å². The molecule has 7 nitrogen and oxygen atoms in total. The average molecular weight is 371 g/mol. The third-order valence-corrected chi connectivity index (χ3v) is 5.01. The van der Waals surface area contributed by atoms with Crippen LogP contribution in [0.15, 0.2) is 24.3 Å². The van der Waals surface area contributed by atoms with E-state index in [2.05, 4.69) is 24.3 Å². The molecular formula is C20H25N3O4. The van der Waals surface area contributed by atoms with E-state index >= 15 is 0 Å². The lowest BCUT2D eigenvalue weighted by atomic mass is 10.0. The minimum atomic E-state index is -1.14. The monoisotopic (exact) mass is 371 g/mol. The van der Waals surface area contributed by atoms with E-state index in [1.54, 1.807) is 24.3 Å². The predicted molar refractivity (Wildman–Crippen MR) is 100 cm³/mol. The number of ether oxygens (including phenoxy) is 1. The third kappa shape index (κ3) is 3.82. The summed E-state index contributed by atoms with van der Waals surface area (Å²) in [7, 11) is 0. The summed E-state index contributed by atoms with van der Waals surface area (Å²) in [5.74, 6) is -0.834. The molecule has 3 rings (SSSR count). The Bertz CT molecular complexity index is 855. The fraction of sp³-hybridized carbons (Fsp3) is 0.450. The first-order valence-corrected chi connectivity index (χ1v) is 9.30. The van der Waals surface area contributed by atoms with Gasteiger partial charge >= 0.3 is 5.97 Å². The molecule has 1 aromatic heterocycles. The Morgan fingerprint density at radius 3 is 2.70 bits per heavy atom. The van der Waals surface area contributed by atoms with Gasteiger partial charge in [-0.15, -0.1) is 0 Å². The van der Waals surface area contributed by atoms with Crippen molar-refractivity contribution in [1.82, 2.24) is 15.1 Å². The highest BCUT2D eigenvalue weighted by molar-refractivity contribution is 5.95. The van der Waals surface area contributed by atoms with Gasteiger partial charge in [-0.1, -0.05) is 19.9 Å². The van der Waals surface area contributed by atoms with Crippen LogP contribution in [0, 0.1) is 6.92 Å². The van der Waals surface area contributed by atoms with Crippen LogP contribution in [-0.2, 0) is 11.2 Å². The number of carbonyl (C=O) groups excluding carboxylic acids is 1. The number of nitrogens with one attached hydrogen (secondary N) is 1. The highest BCUT2D eigenvalue weighted by atomic mass is 16.5. The molecule has 0 bridgehead atoms. The molecule has 0 spiro atoms. The SMILES string of the molecule is CCC(CC)n1nc(C(=O)NC(C(=O)O)c2ccc3c(c2)CCO3)cc1C. The summed E-state index contributed by atoms with van der Waals surface area (Å²) in [5.41, 5.74) is 2.60. The topological polar surface area (TPSA) is 93.5 Å². The van der Waals surface area contributed by atoms with Gasteiger partial charge in [0.05, 0.1) is 12.6 Å². The van der Waals surface area contributed by atoms with E-state index in [0.29, 0.717) is 12.2 Å². The van der Waals surface area contributed by atoms with Crippen molar-refractivity contribution in [2.75, 3.05) is 6.61 Å². The summed E-state index contributed by atoms with van der Waals surface area (Å²) in [6.45, 7) is 6.65. The van der Waals surface area contributed by atoms with Crippen LogP contribution in [0.25, 0.3) is 0 Å². The zero-order valence-corrected chi connectivity index (χ0v) is 15.9. The second-order valence-corrected chi connectivity index (χ2v) is 6.80. The number of carbonyl (C=O) groups is 2. The van der Waals surface area contributed by atoms with Gasteiger partial charge in [0.15, 0.2) is 6.04 Å². The van der Waals surface area contributed by atoms with Gasteiger partial charge < -0.3 is 15.2 Å². The Morgan fingerprint density at radius 2 is 2.04 bits per heavy atom. The van der Waals surface area contributed by atoms with Gasteiger partial charge in [-0.2, -0.15) is 5.10 Å². The van der Waals surface area contributed by atoms with Gasteiger partial charge in [0.1, 0.15) is 11.4 Å². The van der Waals surface area contributed by atoms with Crippen molar-refractivity contribution in [3.05, 3.63) is 46.8 Å². The number of aromatic nitrogens is 2. The van der Waals surface area contributed by atoms with Crippen LogP contribution in [0.3, 0.4) is 0 Å². The molecule has 2 N–H and O–H groups in total. The molecule has 27 heavy (non-hydrogen) atoms. The largest absolute Gasteiger partial charge is 0.493 e. The second-order valence-electron chi connectivity index (χ2n) is 6.80. The lowest BCUT2D eigenvalue weighted by Gasteiger charge is -2.16. The lowest BCUT2D eigenvalue weighted by molar-refractivity contribution is -0.139. The van der Waals surface area contributed by atoms with E-state index in [-0.39, 0.29) is 11.7 Å². The Balaban J connectivity index is 1.82. The number of hydrogen-bond acceptors (Lipinski definition) is 4. The van der Waals surface area contributed by atoms with Crippen LogP contribution in [0.5, 0.6) is 5.75 Å².